The van der Waals surface area contributed by atoms with Gasteiger partial charge in [0.15, 0.2) is 0 Å². The first-order valence-electron chi connectivity index (χ1n) is 9.63. The fraction of sp³-hybridized carbons (Fsp3) is 0.450. The van der Waals surface area contributed by atoms with Gasteiger partial charge in [-0.2, -0.15) is 13.2 Å². The number of hydrogen-bond acceptors (Lipinski definition) is 4. The molecule has 1 fully saturated rings. The fourth-order valence-electron chi connectivity index (χ4n) is 3.31. The summed E-state index contributed by atoms with van der Waals surface area (Å²) >= 11 is 1.25. The molecule has 30 heavy (non-hydrogen) atoms. The molecular weight excluding hydrogens is 417 g/mol. The molecule has 1 aliphatic heterocycles. The molecule has 3 rings (SSSR count). The molecule has 1 aliphatic rings. The quantitative estimate of drug-likeness (QED) is 0.737. The SMILES string of the molecule is CCNC(=O)N1CCC(C(=O)Nc2sc(Cc3cccc(C(F)(F)F)c3)nc2C)C1. The van der Waals surface area contributed by atoms with E-state index >= 15 is 0 Å². The molecule has 6 nitrogen and oxygen atoms in total. The molecule has 10 heteroatoms. The van der Waals surface area contributed by atoms with Gasteiger partial charge in [-0.15, -0.1) is 11.3 Å². The van der Waals surface area contributed by atoms with Crippen LogP contribution in [-0.2, 0) is 17.4 Å². The number of halogens is 3. The van der Waals surface area contributed by atoms with Gasteiger partial charge in [-0.1, -0.05) is 18.2 Å². The molecule has 2 N–H and O–H groups in total. The lowest BCUT2D eigenvalue weighted by Gasteiger charge is -2.16. The number of nitrogens with one attached hydrogen (secondary N) is 2. The van der Waals surface area contributed by atoms with Crippen LogP contribution in [0.15, 0.2) is 24.3 Å². The van der Waals surface area contributed by atoms with E-state index in [0.29, 0.717) is 47.3 Å². The number of rotatable bonds is 5. The number of carbonyl (C=O) groups excluding carboxylic acids is 2. The molecule has 1 aromatic carbocycles. The Morgan fingerprint density at radius 3 is 2.80 bits per heavy atom. The van der Waals surface area contributed by atoms with E-state index in [2.05, 4.69) is 15.6 Å². The number of aryl methyl sites for hydroxylation is 1. The summed E-state index contributed by atoms with van der Waals surface area (Å²) in [6, 6.07) is 4.97. The predicted molar refractivity (Wildman–Crippen MR) is 108 cm³/mol. The largest absolute Gasteiger partial charge is 0.416 e. The minimum absolute atomic E-state index is 0.176. The van der Waals surface area contributed by atoms with Crippen molar-refractivity contribution in [2.45, 2.75) is 32.9 Å². The van der Waals surface area contributed by atoms with Gasteiger partial charge in [-0.3, -0.25) is 4.79 Å². The minimum atomic E-state index is -4.39. The van der Waals surface area contributed by atoms with Crippen molar-refractivity contribution in [3.05, 3.63) is 46.1 Å². The number of carbonyl (C=O) groups is 2. The molecule has 0 saturated carbocycles. The lowest BCUT2D eigenvalue weighted by Crippen LogP contribution is -2.39. The van der Waals surface area contributed by atoms with E-state index in [0.717, 1.165) is 12.1 Å². The average molecular weight is 440 g/mol. The summed E-state index contributed by atoms with van der Waals surface area (Å²) in [6.07, 6.45) is -3.56. The second-order valence-electron chi connectivity index (χ2n) is 7.15. The van der Waals surface area contributed by atoms with Crippen molar-refractivity contribution in [1.82, 2.24) is 15.2 Å². The summed E-state index contributed by atoms with van der Waals surface area (Å²) in [5.41, 5.74) is 0.429. The molecule has 2 aromatic rings. The van der Waals surface area contributed by atoms with Gasteiger partial charge < -0.3 is 15.5 Å². The molecule has 3 amide bonds. The average Bonchev–Trinajstić information content (AvgIpc) is 3.29. The highest BCUT2D eigenvalue weighted by Crippen LogP contribution is 2.31. The van der Waals surface area contributed by atoms with E-state index in [1.807, 2.05) is 6.92 Å². The Morgan fingerprint density at radius 1 is 1.33 bits per heavy atom. The number of urea groups is 1. The zero-order valence-corrected chi connectivity index (χ0v) is 17.5. The van der Waals surface area contributed by atoms with Crippen LogP contribution in [-0.4, -0.2) is 41.5 Å². The summed E-state index contributed by atoms with van der Waals surface area (Å²) in [6.45, 7) is 4.99. The van der Waals surface area contributed by atoms with Crippen LogP contribution in [0.2, 0.25) is 0 Å². The Bertz CT molecular complexity index is 929. The molecule has 0 aliphatic carbocycles. The zero-order valence-electron chi connectivity index (χ0n) is 16.7. The van der Waals surface area contributed by atoms with Crippen LogP contribution in [0.5, 0.6) is 0 Å². The van der Waals surface area contributed by atoms with Crippen LogP contribution in [0.4, 0.5) is 23.0 Å². The molecular formula is C20H23F3N4O2S. The Balaban J connectivity index is 1.63. The Morgan fingerprint density at radius 2 is 2.10 bits per heavy atom. The van der Waals surface area contributed by atoms with Gasteiger partial charge in [0, 0.05) is 26.1 Å². The smallest absolute Gasteiger partial charge is 0.338 e. The standard InChI is InChI=1S/C20H23F3N4O2S/c1-3-24-19(29)27-8-7-14(11-27)17(28)26-18-12(2)25-16(30-18)10-13-5-4-6-15(9-13)20(21,22)23/h4-6,9,14H,3,7-8,10-11H2,1-2H3,(H,24,29)(H,26,28). The Labute approximate surface area is 176 Å². The number of hydrogen-bond donors (Lipinski definition) is 2. The van der Waals surface area contributed by atoms with Gasteiger partial charge in [0.25, 0.3) is 0 Å². The van der Waals surface area contributed by atoms with Crippen LogP contribution in [0, 0.1) is 12.8 Å². The number of alkyl halides is 3. The van der Waals surface area contributed by atoms with Gasteiger partial charge >= 0.3 is 12.2 Å². The maximum atomic E-state index is 12.9. The summed E-state index contributed by atoms with van der Waals surface area (Å²) in [7, 11) is 0. The van der Waals surface area contributed by atoms with Crippen molar-refractivity contribution in [1.29, 1.82) is 0 Å². The number of amides is 3. The molecule has 0 spiro atoms. The first kappa shape index (κ1) is 22.1. The number of aromatic nitrogens is 1. The fourth-order valence-corrected chi connectivity index (χ4v) is 4.31. The van der Waals surface area contributed by atoms with Gasteiger partial charge in [-0.25, -0.2) is 9.78 Å². The van der Waals surface area contributed by atoms with Gasteiger partial charge in [0.2, 0.25) is 5.91 Å². The third-order valence-corrected chi connectivity index (χ3v) is 5.93. The second kappa shape index (κ2) is 9.03. The lowest BCUT2D eigenvalue weighted by atomic mass is 10.1. The summed E-state index contributed by atoms with van der Waals surface area (Å²) in [4.78, 5) is 30.5. The summed E-state index contributed by atoms with van der Waals surface area (Å²) in [5, 5.41) is 6.79. The number of thiazole rings is 1. The van der Waals surface area contributed by atoms with E-state index in [4.69, 9.17) is 0 Å². The van der Waals surface area contributed by atoms with E-state index in [-0.39, 0.29) is 24.3 Å². The molecule has 0 bridgehead atoms. The zero-order chi connectivity index (χ0) is 21.9. The highest BCUT2D eigenvalue weighted by Gasteiger charge is 2.32. The molecule has 162 valence electrons. The third-order valence-electron chi connectivity index (χ3n) is 4.86. The van der Waals surface area contributed by atoms with Gasteiger partial charge in [0.1, 0.15) is 5.00 Å². The first-order chi connectivity index (χ1) is 14.2. The van der Waals surface area contributed by atoms with Crippen molar-refractivity contribution in [2.24, 2.45) is 5.92 Å². The molecule has 1 atom stereocenters. The van der Waals surface area contributed by atoms with Crippen molar-refractivity contribution >= 4 is 28.3 Å². The molecule has 1 aromatic heterocycles. The lowest BCUT2D eigenvalue weighted by molar-refractivity contribution is -0.137. The molecule has 1 saturated heterocycles. The minimum Gasteiger partial charge on any atom is -0.338 e. The monoisotopic (exact) mass is 440 g/mol. The van der Waals surface area contributed by atoms with Gasteiger partial charge in [0.05, 0.1) is 22.2 Å². The van der Waals surface area contributed by atoms with Crippen molar-refractivity contribution < 1.29 is 22.8 Å². The Kier molecular flexibility index (Phi) is 6.64. The summed E-state index contributed by atoms with van der Waals surface area (Å²) in [5.74, 6) is -0.486. The normalized spacial score (nSPS) is 16.6. The van der Waals surface area contributed by atoms with Crippen LogP contribution in [0.1, 0.15) is 35.2 Å². The predicted octanol–water partition coefficient (Wildman–Crippen LogP) is 4.05. The van der Waals surface area contributed by atoms with Crippen LogP contribution < -0.4 is 10.6 Å². The maximum Gasteiger partial charge on any atom is 0.416 e. The molecule has 0 radical (unpaired) electrons. The van der Waals surface area contributed by atoms with E-state index < -0.39 is 11.7 Å². The number of nitrogens with zero attached hydrogens (tertiary/aromatic N) is 2. The van der Waals surface area contributed by atoms with Gasteiger partial charge in [-0.05, 0) is 31.9 Å². The van der Waals surface area contributed by atoms with Crippen molar-refractivity contribution in [3.63, 3.8) is 0 Å². The molecule has 1 unspecified atom stereocenters. The number of anilines is 1. The third kappa shape index (κ3) is 5.29. The second-order valence-corrected chi connectivity index (χ2v) is 8.24. The highest BCUT2D eigenvalue weighted by molar-refractivity contribution is 7.16. The van der Waals surface area contributed by atoms with E-state index in [9.17, 15) is 22.8 Å². The highest BCUT2D eigenvalue weighted by atomic mass is 32.1. The van der Waals surface area contributed by atoms with Crippen LogP contribution in [0.25, 0.3) is 0 Å². The van der Waals surface area contributed by atoms with Crippen molar-refractivity contribution in [3.8, 4) is 0 Å². The topological polar surface area (TPSA) is 74.3 Å². The molecule has 2 heterocycles. The summed E-state index contributed by atoms with van der Waals surface area (Å²) < 4.78 is 38.7. The van der Waals surface area contributed by atoms with Crippen molar-refractivity contribution in [2.75, 3.05) is 25.0 Å². The van der Waals surface area contributed by atoms with Crippen LogP contribution >= 0.6 is 11.3 Å². The van der Waals surface area contributed by atoms with E-state index in [1.165, 1.54) is 17.4 Å². The Hall–Kier alpha value is -2.62. The number of likely N-dealkylation sites (tertiary alicyclic amines) is 1. The van der Waals surface area contributed by atoms with Crippen LogP contribution in [0.3, 0.4) is 0 Å². The number of benzene rings is 1. The maximum absolute atomic E-state index is 12.9. The van der Waals surface area contributed by atoms with E-state index in [1.54, 1.807) is 17.9 Å². The first-order valence-corrected chi connectivity index (χ1v) is 10.4.